The molecule has 1 aromatic rings. The number of carboxylic acids is 1. The second kappa shape index (κ2) is 9.00. The lowest BCUT2D eigenvalue weighted by molar-refractivity contribution is -0.144. The van der Waals surface area contributed by atoms with Gasteiger partial charge >= 0.3 is 5.97 Å². The molecule has 2 N–H and O–H groups in total. The van der Waals surface area contributed by atoms with Crippen LogP contribution in [0.3, 0.4) is 0 Å². The Morgan fingerprint density at radius 3 is 2.62 bits per heavy atom. The summed E-state index contributed by atoms with van der Waals surface area (Å²) >= 11 is 1.62. The number of aryl methyl sites for hydroxylation is 1. The number of aliphatic carboxylic acids is 1. The monoisotopic (exact) mass is 311 g/mol. The third kappa shape index (κ3) is 6.44. The highest BCUT2D eigenvalue weighted by molar-refractivity contribution is 7.99. The molecule has 0 aromatic carbocycles. The van der Waals surface area contributed by atoms with E-state index in [1.807, 2.05) is 26.2 Å². The minimum atomic E-state index is -0.818. The first kappa shape index (κ1) is 17.9. The van der Waals surface area contributed by atoms with Gasteiger partial charge in [-0.1, -0.05) is 25.1 Å². The first-order valence-electron chi connectivity index (χ1n) is 7.38. The minimum absolute atomic E-state index is 0.637. The van der Waals surface area contributed by atoms with Gasteiger partial charge < -0.3 is 10.4 Å². The number of rotatable bonds is 10. The molecule has 0 aliphatic carbocycles. The average molecular weight is 311 g/mol. The summed E-state index contributed by atoms with van der Waals surface area (Å²) < 4.78 is 0. The highest BCUT2D eigenvalue weighted by Gasteiger charge is 2.31. The molecule has 21 heavy (non-hydrogen) atoms. The van der Waals surface area contributed by atoms with Gasteiger partial charge in [-0.2, -0.15) is 0 Å². The molecule has 1 unspecified atom stereocenters. The molecule has 0 aliphatic rings. The van der Waals surface area contributed by atoms with Crippen molar-refractivity contribution in [3.05, 3.63) is 18.0 Å². The van der Waals surface area contributed by atoms with Crippen molar-refractivity contribution in [3.63, 3.8) is 0 Å². The van der Waals surface area contributed by atoms with Gasteiger partial charge in [0.2, 0.25) is 0 Å². The molecule has 118 valence electrons. The molecule has 1 atom stereocenters. The topological polar surface area (TPSA) is 75.1 Å². The highest BCUT2D eigenvalue weighted by Crippen LogP contribution is 2.18. The molecular weight excluding hydrogens is 286 g/mol. The molecule has 1 rings (SSSR count). The number of unbranched alkanes of at least 4 members (excludes halogenated alkanes) is 1. The number of carbonyl (C=O) groups is 1. The average Bonchev–Trinajstić information content (AvgIpc) is 2.46. The molecule has 5 nitrogen and oxygen atoms in total. The van der Waals surface area contributed by atoms with Crippen LogP contribution >= 0.6 is 11.8 Å². The summed E-state index contributed by atoms with van der Waals surface area (Å²) in [6.07, 6.45) is 7.02. The van der Waals surface area contributed by atoms with E-state index in [1.54, 1.807) is 18.7 Å². The summed E-state index contributed by atoms with van der Waals surface area (Å²) in [6, 6.07) is 0. The molecule has 1 aromatic heterocycles. The van der Waals surface area contributed by atoms with Gasteiger partial charge in [-0.05, 0) is 45.2 Å². The zero-order chi connectivity index (χ0) is 15.7. The van der Waals surface area contributed by atoms with Gasteiger partial charge in [0.1, 0.15) is 5.54 Å². The van der Waals surface area contributed by atoms with Gasteiger partial charge in [-0.3, -0.25) is 4.79 Å². The third-order valence-electron chi connectivity index (χ3n) is 3.30. The molecule has 0 bridgehead atoms. The molecule has 0 amide bonds. The maximum absolute atomic E-state index is 11.4. The van der Waals surface area contributed by atoms with Crippen LogP contribution in [0.15, 0.2) is 17.6 Å². The Kier molecular flexibility index (Phi) is 7.67. The smallest absolute Gasteiger partial charge is 0.323 e. The maximum Gasteiger partial charge on any atom is 0.323 e. The van der Waals surface area contributed by atoms with Crippen LogP contribution in [-0.4, -0.2) is 38.9 Å². The number of hydrogen-bond donors (Lipinski definition) is 2. The lowest BCUT2D eigenvalue weighted by atomic mass is 9.95. The molecule has 0 aliphatic heterocycles. The maximum atomic E-state index is 11.4. The standard InChI is InChI=1S/C15H25N3O2S/c1-4-8-18-15(3,13(19)20)7-5-6-9-21-14-16-10-12(2)11-17-14/h10-11,18H,4-9H2,1-3H3,(H,19,20). The second-order valence-electron chi connectivity index (χ2n) is 5.41. The molecule has 0 fully saturated rings. The van der Waals surface area contributed by atoms with Crippen LogP contribution in [0.1, 0.15) is 45.1 Å². The van der Waals surface area contributed by atoms with Crippen LogP contribution in [0.2, 0.25) is 0 Å². The van der Waals surface area contributed by atoms with Crippen molar-refractivity contribution in [3.8, 4) is 0 Å². The van der Waals surface area contributed by atoms with Crippen LogP contribution in [-0.2, 0) is 4.79 Å². The van der Waals surface area contributed by atoms with Crippen molar-refractivity contribution in [2.75, 3.05) is 12.3 Å². The highest BCUT2D eigenvalue weighted by atomic mass is 32.2. The predicted molar refractivity (Wildman–Crippen MR) is 85.7 cm³/mol. The fourth-order valence-electron chi connectivity index (χ4n) is 1.87. The fraction of sp³-hybridized carbons (Fsp3) is 0.667. The molecule has 6 heteroatoms. The Morgan fingerprint density at radius 2 is 2.05 bits per heavy atom. The van der Waals surface area contributed by atoms with Gasteiger partial charge in [-0.15, -0.1) is 0 Å². The molecule has 0 saturated heterocycles. The Labute approximate surface area is 131 Å². The van der Waals surface area contributed by atoms with E-state index >= 15 is 0 Å². The predicted octanol–water partition coefficient (Wildman–Crippen LogP) is 2.89. The number of thioether (sulfide) groups is 1. The Hall–Kier alpha value is -1.14. The number of carboxylic acid groups (broad SMARTS) is 1. The zero-order valence-corrected chi connectivity index (χ0v) is 13.9. The second-order valence-corrected chi connectivity index (χ2v) is 6.47. The fourth-order valence-corrected chi connectivity index (χ4v) is 2.66. The molecule has 0 saturated carbocycles. The Bertz CT molecular complexity index is 439. The molecule has 0 radical (unpaired) electrons. The number of nitrogens with one attached hydrogen (secondary N) is 1. The van der Waals surface area contributed by atoms with Crippen molar-refractivity contribution in [1.82, 2.24) is 15.3 Å². The van der Waals surface area contributed by atoms with Crippen LogP contribution in [0.4, 0.5) is 0 Å². The van der Waals surface area contributed by atoms with E-state index in [4.69, 9.17) is 0 Å². The Balaban J connectivity index is 2.28. The summed E-state index contributed by atoms with van der Waals surface area (Å²) in [5.74, 6) is 0.137. The minimum Gasteiger partial charge on any atom is -0.480 e. The van der Waals surface area contributed by atoms with Crippen molar-refractivity contribution in [1.29, 1.82) is 0 Å². The van der Waals surface area contributed by atoms with Crippen LogP contribution < -0.4 is 5.32 Å². The van der Waals surface area contributed by atoms with E-state index in [9.17, 15) is 9.90 Å². The molecular formula is C15H25N3O2S. The number of nitrogens with zero attached hydrogens (tertiary/aromatic N) is 2. The largest absolute Gasteiger partial charge is 0.480 e. The quantitative estimate of drug-likeness (QED) is 0.393. The molecule has 0 spiro atoms. The van der Waals surface area contributed by atoms with E-state index in [0.717, 1.165) is 42.3 Å². The normalized spacial score (nSPS) is 13.9. The number of aromatic nitrogens is 2. The van der Waals surface area contributed by atoms with Crippen molar-refractivity contribution < 1.29 is 9.90 Å². The van der Waals surface area contributed by atoms with Gasteiger partial charge in [0, 0.05) is 18.1 Å². The van der Waals surface area contributed by atoms with E-state index in [0.29, 0.717) is 6.42 Å². The summed E-state index contributed by atoms with van der Waals surface area (Å²) in [6.45, 7) is 6.49. The SMILES string of the molecule is CCCNC(C)(CCCCSc1ncc(C)cn1)C(=O)O. The van der Waals surface area contributed by atoms with Gasteiger partial charge in [0.05, 0.1) is 0 Å². The lowest BCUT2D eigenvalue weighted by Crippen LogP contribution is -2.49. The van der Waals surface area contributed by atoms with E-state index in [2.05, 4.69) is 15.3 Å². The van der Waals surface area contributed by atoms with Crippen molar-refractivity contribution in [2.24, 2.45) is 0 Å². The summed E-state index contributed by atoms with van der Waals surface area (Å²) in [4.78, 5) is 19.8. The van der Waals surface area contributed by atoms with E-state index < -0.39 is 11.5 Å². The Morgan fingerprint density at radius 1 is 1.38 bits per heavy atom. The summed E-state index contributed by atoms with van der Waals surface area (Å²) in [7, 11) is 0. The van der Waals surface area contributed by atoms with Gasteiger partial charge in [0.25, 0.3) is 0 Å². The lowest BCUT2D eigenvalue weighted by Gasteiger charge is -2.26. The zero-order valence-electron chi connectivity index (χ0n) is 13.1. The van der Waals surface area contributed by atoms with Crippen LogP contribution in [0.25, 0.3) is 0 Å². The summed E-state index contributed by atoms with van der Waals surface area (Å²) in [5.41, 5.74) is 0.236. The number of hydrogen-bond acceptors (Lipinski definition) is 5. The van der Waals surface area contributed by atoms with Crippen LogP contribution in [0.5, 0.6) is 0 Å². The van der Waals surface area contributed by atoms with Crippen LogP contribution in [0, 0.1) is 6.92 Å². The first-order valence-corrected chi connectivity index (χ1v) is 8.36. The van der Waals surface area contributed by atoms with E-state index in [-0.39, 0.29) is 0 Å². The first-order chi connectivity index (χ1) is 9.98. The third-order valence-corrected chi connectivity index (χ3v) is 4.26. The van der Waals surface area contributed by atoms with E-state index in [1.165, 1.54) is 0 Å². The van der Waals surface area contributed by atoms with Crippen molar-refractivity contribution in [2.45, 2.75) is 57.1 Å². The van der Waals surface area contributed by atoms with Gasteiger partial charge in [-0.25, -0.2) is 9.97 Å². The molecule has 1 heterocycles. The summed E-state index contributed by atoms with van der Waals surface area (Å²) in [5, 5.41) is 13.2. The van der Waals surface area contributed by atoms with Gasteiger partial charge in [0.15, 0.2) is 5.16 Å². The van der Waals surface area contributed by atoms with Crippen molar-refractivity contribution >= 4 is 17.7 Å².